The Hall–Kier alpha value is -1.59. The Morgan fingerprint density at radius 1 is 1.31 bits per heavy atom. The third-order valence-electron chi connectivity index (χ3n) is 1.87. The van der Waals surface area contributed by atoms with E-state index in [4.69, 9.17) is 26.6 Å². The number of nitrogens with zero attached hydrogens (tertiary/aromatic N) is 2. The van der Waals surface area contributed by atoms with E-state index in [1.54, 1.807) is 24.3 Å². The zero-order chi connectivity index (χ0) is 11.4. The minimum atomic E-state index is 0.217. The monoisotopic (exact) mass is 239 g/mol. The van der Waals surface area contributed by atoms with Gasteiger partial charge in [-0.3, -0.25) is 0 Å². The summed E-state index contributed by atoms with van der Waals surface area (Å²) in [5, 5.41) is 4.31. The maximum atomic E-state index is 5.74. The number of hydrogen-bond donors (Lipinski definition) is 1. The van der Waals surface area contributed by atoms with Gasteiger partial charge in [0.1, 0.15) is 5.75 Å². The molecule has 1 aromatic carbocycles. The van der Waals surface area contributed by atoms with Crippen LogP contribution in [0.15, 0.2) is 28.8 Å². The Morgan fingerprint density at radius 2 is 2.06 bits per heavy atom. The Morgan fingerprint density at radius 3 is 2.69 bits per heavy atom. The van der Waals surface area contributed by atoms with Crippen LogP contribution in [-0.4, -0.2) is 10.1 Å². The van der Waals surface area contributed by atoms with Crippen molar-refractivity contribution in [1.82, 2.24) is 10.1 Å². The fraction of sp³-hybridized carbons (Fsp3) is 0.200. The van der Waals surface area contributed by atoms with Crippen molar-refractivity contribution in [2.75, 3.05) is 0 Å². The van der Waals surface area contributed by atoms with Crippen LogP contribution in [-0.2, 0) is 13.2 Å². The highest BCUT2D eigenvalue weighted by molar-refractivity contribution is 6.30. The Bertz CT molecular complexity index is 455. The quantitative estimate of drug-likeness (QED) is 0.880. The van der Waals surface area contributed by atoms with Crippen LogP contribution < -0.4 is 10.5 Å². The predicted molar refractivity (Wildman–Crippen MR) is 58.0 cm³/mol. The van der Waals surface area contributed by atoms with Crippen molar-refractivity contribution in [1.29, 1.82) is 0 Å². The number of nitrogens with two attached hydrogens (primary N) is 1. The highest BCUT2D eigenvalue weighted by Crippen LogP contribution is 2.16. The molecule has 0 bridgehead atoms. The van der Waals surface area contributed by atoms with Crippen LogP contribution in [0, 0.1) is 0 Å². The standard InChI is InChI=1S/C10H10ClN3O2/c11-7-1-3-8(4-2-7)15-6-10-13-9(5-12)14-16-10/h1-4H,5-6,12H2. The second kappa shape index (κ2) is 4.96. The van der Waals surface area contributed by atoms with E-state index in [0.29, 0.717) is 22.5 Å². The molecule has 16 heavy (non-hydrogen) atoms. The molecule has 0 aliphatic heterocycles. The van der Waals surface area contributed by atoms with E-state index in [0.717, 1.165) is 0 Å². The highest BCUT2D eigenvalue weighted by atomic mass is 35.5. The van der Waals surface area contributed by atoms with Crippen LogP contribution in [0.2, 0.25) is 5.02 Å². The van der Waals surface area contributed by atoms with Crippen LogP contribution in [0.3, 0.4) is 0 Å². The van der Waals surface area contributed by atoms with Crippen molar-refractivity contribution in [3.05, 3.63) is 41.0 Å². The van der Waals surface area contributed by atoms with Gasteiger partial charge in [0.05, 0.1) is 6.54 Å². The molecule has 0 saturated carbocycles. The molecule has 0 spiro atoms. The van der Waals surface area contributed by atoms with Gasteiger partial charge in [0.2, 0.25) is 0 Å². The lowest BCUT2D eigenvalue weighted by Crippen LogP contribution is -1.99. The summed E-state index contributed by atoms with van der Waals surface area (Å²) in [6.07, 6.45) is 0. The normalized spacial score (nSPS) is 10.4. The number of rotatable bonds is 4. The minimum Gasteiger partial charge on any atom is -0.484 e. The first-order chi connectivity index (χ1) is 7.78. The largest absolute Gasteiger partial charge is 0.484 e. The third-order valence-corrected chi connectivity index (χ3v) is 2.12. The predicted octanol–water partition coefficient (Wildman–Crippen LogP) is 1.76. The summed E-state index contributed by atoms with van der Waals surface area (Å²) in [6.45, 7) is 0.471. The molecule has 0 unspecified atom stereocenters. The van der Waals surface area contributed by atoms with Crippen LogP contribution in [0.25, 0.3) is 0 Å². The lowest BCUT2D eigenvalue weighted by molar-refractivity contribution is 0.242. The molecule has 0 atom stereocenters. The van der Waals surface area contributed by atoms with E-state index in [1.807, 2.05) is 0 Å². The zero-order valence-corrected chi connectivity index (χ0v) is 9.15. The maximum absolute atomic E-state index is 5.74. The fourth-order valence-corrected chi connectivity index (χ4v) is 1.23. The smallest absolute Gasteiger partial charge is 0.264 e. The van der Waals surface area contributed by atoms with Crippen molar-refractivity contribution < 1.29 is 9.26 Å². The van der Waals surface area contributed by atoms with Crippen molar-refractivity contribution in [3.8, 4) is 5.75 Å². The van der Waals surface area contributed by atoms with E-state index < -0.39 is 0 Å². The molecule has 2 rings (SSSR count). The van der Waals surface area contributed by atoms with Gasteiger partial charge < -0.3 is 15.0 Å². The molecule has 0 amide bonds. The van der Waals surface area contributed by atoms with E-state index in [-0.39, 0.29) is 13.2 Å². The SMILES string of the molecule is NCc1noc(COc2ccc(Cl)cc2)n1. The molecule has 0 aliphatic carbocycles. The second-order valence-corrected chi connectivity index (χ2v) is 3.49. The molecule has 5 nitrogen and oxygen atoms in total. The van der Waals surface area contributed by atoms with Crippen LogP contribution in [0.5, 0.6) is 5.75 Å². The summed E-state index contributed by atoms with van der Waals surface area (Å²) < 4.78 is 10.3. The summed E-state index contributed by atoms with van der Waals surface area (Å²) >= 11 is 5.74. The summed E-state index contributed by atoms with van der Waals surface area (Å²) in [5.74, 6) is 1.56. The Labute approximate surface area is 97.2 Å². The minimum absolute atomic E-state index is 0.217. The summed E-state index contributed by atoms with van der Waals surface area (Å²) in [4.78, 5) is 4.01. The molecule has 0 saturated heterocycles. The van der Waals surface area contributed by atoms with Crippen LogP contribution in [0.4, 0.5) is 0 Å². The summed E-state index contributed by atoms with van der Waals surface area (Å²) in [5.41, 5.74) is 5.35. The first-order valence-electron chi connectivity index (χ1n) is 4.68. The van der Waals surface area contributed by atoms with Crippen molar-refractivity contribution in [2.45, 2.75) is 13.2 Å². The van der Waals surface area contributed by atoms with Gasteiger partial charge in [0, 0.05) is 5.02 Å². The maximum Gasteiger partial charge on any atom is 0.264 e. The number of aromatic nitrogens is 2. The van der Waals surface area contributed by atoms with E-state index in [1.165, 1.54) is 0 Å². The van der Waals surface area contributed by atoms with Gasteiger partial charge in [-0.15, -0.1) is 0 Å². The third kappa shape index (κ3) is 2.71. The molecular formula is C10H10ClN3O2. The van der Waals surface area contributed by atoms with Gasteiger partial charge in [-0.1, -0.05) is 16.8 Å². The second-order valence-electron chi connectivity index (χ2n) is 3.05. The first kappa shape index (κ1) is 10.9. The average molecular weight is 240 g/mol. The van der Waals surface area contributed by atoms with E-state index in [2.05, 4.69) is 10.1 Å². The molecule has 1 aromatic heterocycles. The lowest BCUT2D eigenvalue weighted by atomic mass is 10.3. The molecule has 84 valence electrons. The first-order valence-corrected chi connectivity index (χ1v) is 5.05. The van der Waals surface area contributed by atoms with Gasteiger partial charge in [0.25, 0.3) is 5.89 Å². The van der Waals surface area contributed by atoms with Gasteiger partial charge >= 0.3 is 0 Å². The molecular weight excluding hydrogens is 230 g/mol. The van der Waals surface area contributed by atoms with Crippen molar-refractivity contribution >= 4 is 11.6 Å². The topological polar surface area (TPSA) is 74.2 Å². The van der Waals surface area contributed by atoms with Gasteiger partial charge in [-0.05, 0) is 24.3 Å². The van der Waals surface area contributed by atoms with Gasteiger partial charge in [-0.25, -0.2) is 0 Å². The summed E-state index contributed by atoms with van der Waals surface area (Å²) in [7, 11) is 0. The van der Waals surface area contributed by atoms with Crippen LogP contribution in [0.1, 0.15) is 11.7 Å². The highest BCUT2D eigenvalue weighted by Gasteiger charge is 2.05. The van der Waals surface area contributed by atoms with Crippen LogP contribution >= 0.6 is 11.6 Å². The lowest BCUT2D eigenvalue weighted by Gasteiger charge is -2.01. The number of halogens is 1. The molecule has 0 fully saturated rings. The molecule has 2 aromatic rings. The van der Waals surface area contributed by atoms with Crippen molar-refractivity contribution in [2.24, 2.45) is 5.73 Å². The number of benzene rings is 1. The molecule has 1 heterocycles. The number of ether oxygens (including phenoxy) is 1. The Kier molecular flexibility index (Phi) is 3.38. The molecule has 6 heteroatoms. The Balaban J connectivity index is 1.94. The number of hydrogen-bond acceptors (Lipinski definition) is 5. The van der Waals surface area contributed by atoms with E-state index in [9.17, 15) is 0 Å². The summed E-state index contributed by atoms with van der Waals surface area (Å²) in [6, 6.07) is 7.02. The average Bonchev–Trinajstić information content (AvgIpc) is 2.76. The van der Waals surface area contributed by atoms with E-state index >= 15 is 0 Å². The van der Waals surface area contributed by atoms with Crippen molar-refractivity contribution in [3.63, 3.8) is 0 Å². The van der Waals surface area contributed by atoms with Gasteiger partial charge in [0.15, 0.2) is 12.4 Å². The zero-order valence-electron chi connectivity index (χ0n) is 8.39. The molecule has 0 radical (unpaired) electrons. The van der Waals surface area contributed by atoms with Gasteiger partial charge in [-0.2, -0.15) is 4.98 Å². The fourth-order valence-electron chi connectivity index (χ4n) is 1.11. The molecule has 2 N–H and O–H groups in total. The molecule has 0 aliphatic rings.